The Kier molecular flexibility index (Phi) is 3.58. The summed E-state index contributed by atoms with van der Waals surface area (Å²) < 4.78 is 4.67. The third kappa shape index (κ3) is 2.49. The number of carbonyl (C=O) groups is 1. The van der Waals surface area contributed by atoms with Gasteiger partial charge in [0.15, 0.2) is 0 Å². The average Bonchev–Trinajstić information content (AvgIpc) is 2.37. The van der Waals surface area contributed by atoms with Crippen LogP contribution in [0.15, 0.2) is 30.5 Å². The molecule has 4 nitrogen and oxygen atoms in total. The SMILES string of the molecule is COC(=O)c1ccc(-c2ccnc(Cl)n2)c(C)c1. The molecule has 0 bridgehead atoms. The molecule has 0 amide bonds. The minimum Gasteiger partial charge on any atom is -0.465 e. The number of carbonyl (C=O) groups excluding carboxylic acids is 1. The van der Waals surface area contributed by atoms with Crippen LogP contribution >= 0.6 is 11.6 Å². The quantitative estimate of drug-likeness (QED) is 0.617. The third-order valence-electron chi connectivity index (χ3n) is 2.55. The molecule has 1 aromatic carbocycles. The number of esters is 1. The van der Waals surface area contributed by atoms with Crippen LogP contribution in [0.3, 0.4) is 0 Å². The van der Waals surface area contributed by atoms with Gasteiger partial charge in [-0.2, -0.15) is 0 Å². The topological polar surface area (TPSA) is 52.1 Å². The first-order chi connectivity index (χ1) is 8.61. The Morgan fingerprint density at radius 2 is 2.11 bits per heavy atom. The number of aromatic nitrogens is 2. The predicted octanol–water partition coefficient (Wildman–Crippen LogP) is 2.89. The summed E-state index contributed by atoms with van der Waals surface area (Å²) in [5, 5.41) is 0.198. The fraction of sp³-hybridized carbons (Fsp3) is 0.154. The van der Waals surface area contributed by atoms with E-state index >= 15 is 0 Å². The Morgan fingerprint density at radius 3 is 2.72 bits per heavy atom. The summed E-state index contributed by atoms with van der Waals surface area (Å²) in [6, 6.07) is 7.05. The van der Waals surface area contributed by atoms with Gasteiger partial charge in [0, 0.05) is 11.8 Å². The van der Waals surface area contributed by atoms with Crippen LogP contribution < -0.4 is 0 Å². The van der Waals surface area contributed by atoms with Gasteiger partial charge in [-0.3, -0.25) is 0 Å². The summed E-state index contributed by atoms with van der Waals surface area (Å²) in [7, 11) is 1.36. The molecule has 18 heavy (non-hydrogen) atoms. The van der Waals surface area contributed by atoms with Gasteiger partial charge in [-0.15, -0.1) is 0 Å². The van der Waals surface area contributed by atoms with Crippen LogP contribution in [0, 0.1) is 6.92 Å². The highest BCUT2D eigenvalue weighted by Gasteiger charge is 2.09. The van der Waals surface area contributed by atoms with Crippen molar-refractivity contribution in [2.45, 2.75) is 6.92 Å². The van der Waals surface area contributed by atoms with E-state index in [-0.39, 0.29) is 11.3 Å². The van der Waals surface area contributed by atoms with Crippen LogP contribution in [0.5, 0.6) is 0 Å². The van der Waals surface area contributed by atoms with E-state index < -0.39 is 0 Å². The van der Waals surface area contributed by atoms with E-state index in [1.165, 1.54) is 7.11 Å². The van der Waals surface area contributed by atoms with Crippen molar-refractivity contribution >= 4 is 17.6 Å². The van der Waals surface area contributed by atoms with Crippen LogP contribution in [0.1, 0.15) is 15.9 Å². The summed E-state index contributed by atoms with van der Waals surface area (Å²) in [6.45, 7) is 1.90. The maximum atomic E-state index is 11.4. The van der Waals surface area contributed by atoms with Crippen molar-refractivity contribution in [3.8, 4) is 11.3 Å². The maximum absolute atomic E-state index is 11.4. The zero-order valence-electron chi connectivity index (χ0n) is 9.98. The molecule has 0 saturated carbocycles. The van der Waals surface area contributed by atoms with Gasteiger partial charge in [0.2, 0.25) is 5.28 Å². The Hall–Kier alpha value is -1.94. The highest BCUT2D eigenvalue weighted by molar-refractivity contribution is 6.28. The molecule has 2 aromatic rings. The molecule has 5 heteroatoms. The number of hydrogen-bond acceptors (Lipinski definition) is 4. The van der Waals surface area contributed by atoms with Crippen molar-refractivity contribution in [3.05, 3.63) is 46.9 Å². The molecule has 0 atom stereocenters. The number of rotatable bonds is 2. The first-order valence-electron chi connectivity index (χ1n) is 5.29. The van der Waals surface area contributed by atoms with E-state index in [1.807, 2.05) is 13.0 Å². The molecule has 0 saturated heterocycles. The molecule has 0 unspecified atom stereocenters. The first kappa shape index (κ1) is 12.5. The van der Waals surface area contributed by atoms with Crippen LogP contribution in [0.4, 0.5) is 0 Å². The monoisotopic (exact) mass is 262 g/mol. The lowest BCUT2D eigenvalue weighted by atomic mass is 10.0. The van der Waals surface area contributed by atoms with E-state index in [4.69, 9.17) is 11.6 Å². The fourth-order valence-electron chi connectivity index (χ4n) is 1.68. The third-order valence-corrected chi connectivity index (χ3v) is 2.73. The van der Waals surface area contributed by atoms with Crippen LogP contribution in [-0.2, 0) is 4.74 Å². The lowest BCUT2D eigenvalue weighted by Gasteiger charge is -2.07. The summed E-state index contributed by atoms with van der Waals surface area (Å²) in [4.78, 5) is 19.4. The van der Waals surface area contributed by atoms with E-state index in [2.05, 4.69) is 14.7 Å². The van der Waals surface area contributed by atoms with Crippen molar-refractivity contribution in [2.75, 3.05) is 7.11 Å². The van der Waals surface area contributed by atoms with E-state index in [9.17, 15) is 4.79 Å². The van der Waals surface area contributed by atoms with Crippen molar-refractivity contribution in [1.29, 1.82) is 0 Å². The zero-order valence-corrected chi connectivity index (χ0v) is 10.7. The number of methoxy groups -OCH3 is 1. The van der Waals surface area contributed by atoms with Crippen LogP contribution in [0.2, 0.25) is 5.28 Å². The second kappa shape index (κ2) is 5.14. The molecule has 0 aliphatic carbocycles. The Balaban J connectivity index is 2.45. The minimum absolute atomic E-state index is 0.198. The highest BCUT2D eigenvalue weighted by Crippen LogP contribution is 2.23. The average molecular weight is 263 g/mol. The smallest absolute Gasteiger partial charge is 0.337 e. The molecule has 0 fully saturated rings. The van der Waals surface area contributed by atoms with Crippen molar-refractivity contribution < 1.29 is 9.53 Å². The van der Waals surface area contributed by atoms with Gasteiger partial charge in [-0.25, -0.2) is 14.8 Å². The Morgan fingerprint density at radius 1 is 1.33 bits per heavy atom. The molecule has 2 rings (SSSR count). The standard InChI is InChI=1S/C13H11ClN2O2/c1-8-7-9(12(17)18-2)3-4-10(8)11-5-6-15-13(14)16-11/h3-7H,1-2H3. The highest BCUT2D eigenvalue weighted by atomic mass is 35.5. The predicted molar refractivity (Wildman–Crippen MR) is 68.6 cm³/mol. The molecular weight excluding hydrogens is 252 g/mol. The van der Waals surface area contributed by atoms with Crippen LogP contribution in [-0.4, -0.2) is 23.0 Å². The van der Waals surface area contributed by atoms with Gasteiger partial charge < -0.3 is 4.74 Å². The van der Waals surface area contributed by atoms with Crippen molar-refractivity contribution in [2.24, 2.45) is 0 Å². The van der Waals surface area contributed by atoms with Gasteiger partial charge in [-0.05, 0) is 42.3 Å². The molecule has 92 valence electrons. The van der Waals surface area contributed by atoms with E-state index in [0.29, 0.717) is 5.56 Å². The Bertz CT molecular complexity index is 599. The first-order valence-corrected chi connectivity index (χ1v) is 5.67. The summed E-state index contributed by atoms with van der Waals surface area (Å²) in [5.41, 5.74) is 3.07. The lowest BCUT2D eigenvalue weighted by Crippen LogP contribution is -2.02. The number of ether oxygens (including phenoxy) is 1. The Labute approximate surface area is 110 Å². The van der Waals surface area contributed by atoms with Gasteiger partial charge in [0.05, 0.1) is 18.4 Å². The maximum Gasteiger partial charge on any atom is 0.337 e. The van der Waals surface area contributed by atoms with E-state index in [0.717, 1.165) is 16.8 Å². The molecule has 0 radical (unpaired) electrons. The zero-order chi connectivity index (χ0) is 13.1. The van der Waals surface area contributed by atoms with Gasteiger partial charge in [0.1, 0.15) is 0 Å². The van der Waals surface area contributed by atoms with Crippen molar-refractivity contribution in [1.82, 2.24) is 9.97 Å². The molecule has 0 N–H and O–H groups in total. The number of halogens is 1. The number of benzene rings is 1. The summed E-state index contributed by atoms with van der Waals surface area (Å²) >= 11 is 5.75. The van der Waals surface area contributed by atoms with E-state index in [1.54, 1.807) is 24.4 Å². The lowest BCUT2D eigenvalue weighted by molar-refractivity contribution is 0.0600. The second-order valence-corrected chi connectivity index (χ2v) is 4.07. The number of nitrogens with zero attached hydrogens (tertiary/aromatic N) is 2. The van der Waals surface area contributed by atoms with Crippen molar-refractivity contribution in [3.63, 3.8) is 0 Å². The fourth-order valence-corrected chi connectivity index (χ4v) is 1.83. The number of hydrogen-bond donors (Lipinski definition) is 0. The molecule has 0 aliphatic heterocycles. The summed E-state index contributed by atoms with van der Waals surface area (Å²) in [6.07, 6.45) is 1.60. The molecular formula is C13H11ClN2O2. The van der Waals surface area contributed by atoms with Gasteiger partial charge in [-0.1, -0.05) is 6.07 Å². The molecule has 1 heterocycles. The molecule has 1 aromatic heterocycles. The normalized spacial score (nSPS) is 10.2. The van der Waals surface area contributed by atoms with Crippen LogP contribution in [0.25, 0.3) is 11.3 Å². The summed E-state index contributed by atoms with van der Waals surface area (Å²) in [5.74, 6) is -0.356. The second-order valence-electron chi connectivity index (χ2n) is 3.73. The molecule has 0 aliphatic rings. The largest absolute Gasteiger partial charge is 0.465 e. The minimum atomic E-state index is -0.356. The van der Waals surface area contributed by atoms with Gasteiger partial charge in [0.25, 0.3) is 0 Å². The molecule has 0 spiro atoms. The number of aryl methyl sites for hydroxylation is 1. The van der Waals surface area contributed by atoms with Gasteiger partial charge >= 0.3 is 5.97 Å².